The van der Waals surface area contributed by atoms with Crippen LogP contribution in [0.2, 0.25) is 5.02 Å². The van der Waals surface area contributed by atoms with Gasteiger partial charge in [0.25, 0.3) is 5.91 Å². The maximum Gasteiger partial charge on any atom is 0.259 e. The molecular formula is C17H19ClN4O2. The second-order valence-corrected chi connectivity index (χ2v) is 6.05. The van der Waals surface area contributed by atoms with Crippen LogP contribution in [-0.4, -0.2) is 36.1 Å². The Morgan fingerprint density at radius 1 is 1.21 bits per heavy atom. The Labute approximate surface area is 145 Å². The first-order valence-electron chi connectivity index (χ1n) is 7.89. The second-order valence-electron chi connectivity index (χ2n) is 5.62. The quantitative estimate of drug-likeness (QED) is 0.919. The summed E-state index contributed by atoms with van der Waals surface area (Å²) in [7, 11) is 1.51. The van der Waals surface area contributed by atoms with E-state index in [0.29, 0.717) is 28.0 Å². The van der Waals surface area contributed by atoms with Crippen LogP contribution in [0.4, 0.5) is 11.6 Å². The largest absolute Gasteiger partial charge is 0.496 e. The SMILES string of the molecule is COc1ccc(Cl)cc1C(=O)Nc1cnc(N2CCCCC2)nc1. The molecule has 2 aromatic rings. The van der Waals surface area contributed by atoms with Gasteiger partial charge in [0.1, 0.15) is 5.75 Å². The van der Waals surface area contributed by atoms with Crippen molar-refractivity contribution in [2.75, 3.05) is 30.4 Å². The van der Waals surface area contributed by atoms with Crippen LogP contribution in [0.25, 0.3) is 0 Å². The van der Waals surface area contributed by atoms with E-state index in [0.717, 1.165) is 25.9 Å². The molecule has 1 amide bonds. The normalized spacial score (nSPS) is 14.3. The zero-order valence-corrected chi connectivity index (χ0v) is 14.2. The Kier molecular flexibility index (Phi) is 5.15. The van der Waals surface area contributed by atoms with Gasteiger partial charge in [-0.15, -0.1) is 0 Å². The van der Waals surface area contributed by atoms with Crippen molar-refractivity contribution in [1.82, 2.24) is 9.97 Å². The van der Waals surface area contributed by atoms with Crippen molar-refractivity contribution in [2.45, 2.75) is 19.3 Å². The zero-order valence-electron chi connectivity index (χ0n) is 13.5. The number of amides is 1. The van der Waals surface area contributed by atoms with Crippen LogP contribution >= 0.6 is 11.6 Å². The van der Waals surface area contributed by atoms with Gasteiger partial charge in [0.05, 0.1) is 30.8 Å². The molecule has 126 valence electrons. The van der Waals surface area contributed by atoms with E-state index in [-0.39, 0.29) is 5.91 Å². The van der Waals surface area contributed by atoms with E-state index in [1.54, 1.807) is 30.6 Å². The molecule has 1 saturated heterocycles. The lowest BCUT2D eigenvalue weighted by atomic mass is 10.1. The predicted octanol–water partition coefficient (Wildman–Crippen LogP) is 3.38. The van der Waals surface area contributed by atoms with Crippen molar-refractivity contribution in [3.8, 4) is 5.75 Å². The van der Waals surface area contributed by atoms with Gasteiger partial charge in [-0.25, -0.2) is 9.97 Å². The van der Waals surface area contributed by atoms with Crippen LogP contribution in [0.15, 0.2) is 30.6 Å². The maximum atomic E-state index is 12.4. The van der Waals surface area contributed by atoms with Crippen LogP contribution in [0, 0.1) is 0 Å². The highest BCUT2D eigenvalue weighted by atomic mass is 35.5. The van der Waals surface area contributed by atoms with Gasteiger partial charge in [0, 0.05) is 18.1 Å². The lowest BCUT2D eigenvalue weighted by Gasteiger charge is -2.26. The highest BCUT2D eigenvalue weighted by Crippen LogP contribution is 2.24. The minimum Gasteiger partial charge on any atom is -0.496 e. The number of piperidine rings is 1. The molecule has 0 atom stereocenters. The average Bonchev–Trinajstić information content (AvgIpc) is 2.63. The monoisotopic (exact) mass is 346 g/mol. The van der Waals surface area contributed by atoms with E-state index < -0.39 is 0 Å². The van der Waals surface area contributed by atoms with E-state index in [4.69, 9.17) is 16.3 Å². The number of hydrogen-bond acceptors (Lipinski definition) is 5. The van der Waals surface area contributed by atoms with Crippen molar-refractivity contribution in [3.05, 3.63) is 41.2 Å². The third kappa shape index (κ3) is 3.76. The predicted molar refractivity (Wildman–Crippen MR) is 94.1 cm³/mol. The summed E-state index contributed by atoms with van der Waals surface area (Å²) in [6.07, 6.45) is 6.82. The molecule has 0 saturated carbocycles. The Morgan fingerprint density at radius 3 is 2.58 bits per heavy atom. The topological polar surface area (TPSA) is 67.3 Å². The zero-order chi connectivity index (χ0) is 16.9. The molecule has 1 aliphatic rings. The van der Waals surface area contributed by atoms with Gasteiger partial charge in [-0.3, -0.25) is 4.79 Å². The summed E-state index contributed by atoms with van der Waals surface area (Å²) < 4.78 is 5.20. The van der Waals surface area contributed by atoms with Crippen LogP contribution in [0.5, 0.6) is 5.75 Å². The Bertz CT molecular complexity index is 715. The fourth-order valence-electron chi connectivity index (χ4n) is 2.70. The third-order valence-electron chi connectivity index (χ3n) is 3.94. The summed E-state index contributed by atoms with van der Waals surface area (Å²) in [5.41, 5.74) is 0.896. The first kappa shape index (κ1) is 16.5. The van der Waals surface area contributed by atoms with Gasteiger partial charge >= 0.3 is 0 Å². The third-order valence-corrected chi connectivity index (χ3v) is 4.18. The highest BCUT2D eigenvalue weighted by Gasteiger charge is 2.15. The molecule has 1 aliphatic heterocycles. The number of carbonyl (C=O) groups is 1. The van der Waals surface area contributed by atoms with Gasteiger partial charge in [-0.05, 0) is 37.5 Å². The molecule has 0 aliphatic carbocycles. The molecular weight excluding hydrogens is 328 g/mol. The minimum atomic E-state index is -0.316. The fourth-order valence-corrected chi connectivity index (χ4v) is 2.87. The molecule has 3 rings (SSSR count). The molecule has 1 N–H and O–H groups in total. The maximum absolute atomic E-state index is 12.4. The lowest BCUT2D eigenvalue weighted by Crippen LogP contribution is -2.30. The number of rotatable bonds is 4. The summed E-state index contributed by atoms with van der Waals surface area (Å²) in [6.45, 7) is 1.96. The second kappa shape index (κ2) is 7.49. The number of ether oxygens (including phenoxy) is 1. The number of aromatic nitrogens is 2. The smallest absolute Gasteiger partial charge is 0.259 e. The number of hydrogen-bond donors (Lipinski definition) is 1. The Hall–Kier alpha value is -2.34. The van der Waals surface area contributed by atoms with Gasteiger partial charge in [0.15, 0.2) is 0 Å². The van der Waals surface area contributed by atoms with Gasteiger partial charge in [-0.2, -0.15) is 0 Å². The van der Waals surface area contributed by atoms with Gasteiger partial charge in [-0.1, -0.05) is 11.6 Å². The van der Waals surface area contributed by atoms with E-state index in [9.17, 15) is 4.79 Å². The average molecular weight is 347 g/mol. The molecule has 2 heterocycles. The van der Waals surface area contributed by atoms with Crippen LogP contribution < -0.4 is 15.0 Å². The van der Waals surface area contributed by atoms with Crippen molar-refractivity contribution in [1.29, 1.82) is 0 Å². The summed E-state index contributed by atoms with van der Waals surface area (Å²) in [4.78, 5) is 23.3. The Balaban J connectivity index is 1.71. The van der Waals surface area contributed by atoms with Gasteiger partial charge < -0.3 is 15.0 Å². The van der Waals surface area contributed by atoms with Gasteiger partial charge in [0.2, 0.25) is 5.95 Å². The molecule has 0 unspecified atom stereocenters. The number of halogens is 1. The van der Waals surface area contributed by atoms with Crippen molar-refractivity contribution >= 4 is 29.1 Å². The summed E-state index contributed by atoms with van der Waals surface area (Å²) >= 11 is 5.96. The van der Waals surface area contributed by atoms with Crippen LogP contribution in [0.1, 0.15) is 29.6 Å². The van der Waals surface area contributed by atoms with E-state index >= 15 is 0 Å². The van der Waals surface area contributed by atoms with E-state index in [1.807, 2.05) is 0 Å². The number of benzene rings is 1. The number of nitrogens with one attached hydrogen (secondary N) is 1. The summed E-state index contributed by atoms with van der Waals surface area (Å²) in [5.74, 6) is 0.847. The van der Waals surface area contributed by atoms with E-state index in [2.05, 4.69) is 20.2 Å². The summed E-state index contributed by atoms with van der Waals surface area (Å²) in [5, 5.41) is 3.24. The van der Waals surface area contributed by atoms with Crippen molar-refractivity contribution in [3.63, 3.8) is 0 Å². The number of nitrogens with zero attached hydrogens (tertiary/aromatic N) is 3. The molecule has 1 aromatic heterocycles. The molecule has 6 nitrogen and oxygen atoms in total. The van der Waals surface area contributed by atoms with Crippen LogP contribution in [0.3, 0.4) is 0 Å². The molecule has 0 spiro atoms. The minimum absolute atomic E-state index is 0.316. The van der Waals surface area contributed by atoms with Crippen molar-refractivity contribution < 1.29 is 9.53 Å². The first-order chi connectivity index (χ1) is 11.7. The highest BCUT2D eigenvalue weighted by molar-refractivity contribution is 6.31. The summed E-state index contributed by atoms with van der Waals surface area (Å²) in [6, 6.07) is 4.90. The van der Waals surface area contributed by atoms with E-state index in [1.165, 1.54) is 13.5 Å². The molecule has 0 radical (unpaired) electrons. The molecule has 24 heavy (non-hydrogen) atoms. The number of anilines is 2. The molecule has 1 aromatic carbocycles. The Morgan fingerprint density at radius 2 is 1.92 bits per heavy atom. The number of methoxy groups -OCH3 is 1. The van der Waals surface area contributed by atoms with Crippen molar-refractivity contribution in [2.24, 2.45) is 0 Å². The number of carbonyl (C=O) groups excluding carboxylic acids is 1. The molecule has 0 bridgehead atoms. The standard InChI is InChI=1S/C17H19ClN4O2/c1-24-15-6-5-12(18)9-14(15)16(23)21-13-10-19-17(20-11-13)22-7-3-2-4-8-22/h5-6,9-11H,2-4,7-8H2,1H3,(H,21,23). The first-order valence-corrected chi connectivity index (χ1v) is 8.27. The van der Waals surface area contributed by atoms with Crippen LogP contribution in [-0.2, 0) is 0 Å². The fraction of sp³-hybridized carbons (Fsp3) is 0.353. The molecule has 7 heteroatoms. The molecule has 1 fully saturated rings. The lowest BCUT2D eigenvalue weighted by molar-refractivity contribution is 0.102.